The standard InChI is InChI=1S/C19H17ClF4N4OS/c1-9(2)10(3)25-15(29)7-6-14-16(12-5-4-11(21)8-13(12)20)26-18-28(14)27-17(30-18)19(22,23)24/h4-10H,1-3H3,(H,25,29)/b7-6+. The SMILES string of the molecule is CC(C)C(C)NC(=O)/C=C/c1c(-c2ccc(F)cc2Cl)nc2sc(C(F)(F)F)nn12. The molecule has 1 unspecified atom stereocenters. The van der Waals surface area contributed by atoms with Crippen molar-refractivity contribution in [3.05, 3.63) is 45.8 Å². The summed E-state index contributed by atoms with van der Waals surface area (Å²) in [6.45, 7) is 5.72. The molecule has 2 aromatic heterocycles. The van der Waals surface area contributed by atoms with Gasteiger partial charge in [-0.1, -0.05) is 36.8 Å². The molecule has 1 atom stereocenters. The van der Waals surface area contributed by atoms with Crippen LogP contribution in [0.5, 0.6) is 0 Å². The van der Waals surface area contributed by atoms with E-state index in [0.29, 0.717) is 16.9 Å². The van der Waals surface area contributed by atoms with Crippen LogP contribution in [0.15, 0.2) is 24.3 Å². The van der Waals surface area contributed by atoms with E-state index >= 15 is 0 Å². The third-order valence-electron chi connectivity index (χ3n) is 4.43. The molecule has 0 radical (unpaired) electrons. The molecular weight excluding hydrogens is 444 g/mol. The summed E-state index contributed by atoms with van der Waals surface area (Å²) in [5.41, 5.74) is 0.617. The first-order valence-electron chi connectivity index (χ1n) is 8.88. The molecule has 1 amide bonds. The van der Waals surface area contributed by atoms with Crippen molar-refractivity contribution >= 4 is 39.9 Å². The first kappa shape index (κ1) is 22.2. The number of rotatable bonds is 5. The van der Waals surface area contributed by atoms with Gasteiger partial charge in [-0.05, 0) is 37.1 Å². The molecule has 5 nitrogen and oxygen atoms in total. The number of carbonyl (C=O) groups excluding carboxylic acids is 1. The Bertz CT molecular complexity index is 1120. The van der Waals surface area contributed by atoms with E-state index in [1.165, 1.54) is 18.2 Å². The largest absolute Gasteiger partial charge is 0.445 e. The monoisotopic (exact) mass is 460 g/mol. The van der Waals surface area contributed by atoms with Gasteiger partial charge in [-0.2, -0.15) is 13.2 Å². The summed E-state index contributed by atoms with van der Waals surface area (Å²) in [6, 6.07) is 3.50. The average Bonchev–Trinajstić information content (AvgIpc) is 3.18. The number of aromatic nitrogens is 3. The Morgan fingerprint density at radius 2 is 2.00 bits per heavy atom. The zero-order valence-corrected chi connectivity index (χ0v) is 17.7. The molecule has 0 saturated carbocycles. The molecule has 0 spiro atoms. The molecule has 0 aliphatic rings. The number of amides is 1. The van der Waals surface area contributed by atoms with Crippen molar-refractivity contribution in [3.8, 4) is 11.3 Å². The maximum atomic E-state index is 13.4. The second-order valence-corrected chi connectivity index (χ2v) is 8.31. The minimum absolute atomic E-state index is 0.0318. The van der Waals surface area contributed by atoms with Crippen molar-refractivity contribution in [2.75, 3.05) is 0 Å². The van der Waals surface area contributed by atoms with E-state index in [9.17, 15) is 22.4 Å². The Kier molecular flexibility index (Phi) is 6.19. The Balaban J connectivity index is 2.09. The molecule has 2 heterocycles. The summed E-state index contributed by atoms with van der Waals surface area (Å²) in [7, 11) is 0. The highest BCUT2D eigenvalue weighted by Crippen LogP contribution is 2.37. The van der Waals surface area contributed by atoms with Crippen molar-refractivity contribution < 1.29 is 22.4 Å². The summed E-state index contributed by atoms with van der Waals surface area (Å²) in [5, 5.41) is 5.32. The number of nitrogens with one attached hydrogen (secondary N) is 1. The first-order valence-corrected chi connectivity index (χ1v) is 10.1. The van der Waals surface area contributed by atoms with Crippen LogP contribution in [0.4, 0.5) is 17.6 Å². The Labute approximate surface area is 178 Å². The van der Waals surface area contributed by atoms with Gasteiger partial charge in [0.15, 0.2) is 0 Å². The highest BCUT2D eigenvalue weighted by Gasteiger charge is 2.36. The Morgan fingerprint density at radius 3 is 2.60 bits per heavy atom. The molecule has 1 aromatic carbocycles. The van der Waals surface area contributed by atoms with Gasteiger partial charge >= 0.3 is 6.18 Å². The quantitative estimate of drug-likeness (QED) is 0.407. The van der Waals surface area contributed by atoms with Crippen LogP contribution in [-0.2, 0) is 11.0 Å². The maximum Gasteiger partial charge on any atom is 0.445 e. The smallest absolute Gasteiger partial charge is 0.350 e. The number of halogens is 5. The van der Waals surface area contributed by atoms with Gasteiger partial charge in [-0.3, -0.25) is 4.79 Å². The Hall–Kier alpha value is -2.46. The number of nitrogens with zero attached hydrogens (tertiary/aromatic N) is 3. The lowest BCUT2D eigenvalue weighted by Crippen LogP contribution is -2.34. The minimum Gasteiger partial charge on any atom is -0.350 e. The topological polar surface area (TPSA) is 59.3 Å². The Morgan fingerprint density at radius 1 is 1.30 bits per heavy atom. The zero-order chi connectivity index (χ0) is 22.2. The van der Waals surface area contributed by atoms with Crippen LogP contribution in [0.2, 0.25) is 5.02 Å². The van der Waals surface area contributed by atoms with Crippen molar-refractivity contribution in [1.82, 2.24) is 19.9 Å². The molecular formula is C19H17ClF4N4OS. The van der Waals surface area contributed by atoms with Gasteiger partial charge in [-0.15, -0.1) is 5.10 Å². The van der Waals surface area contributed by atoms with Crippen LogP contribution in [0.25, 0.3) is 22.3 Å². The van der Waals surface area contributed by atoms with Gasteiger partial charge in [0.2, 0.25) is 15.9 Å². The summed E-state index contributed by atoms with van der Waals surface area (Å²) < 4.78 is 53.6. The number of hydrogen-bond donors (Lipinski definition) is 1. The fourth-order valence-electron chi connectivity index (χ4n) is 2.50. The normalized spacial score (nSPS) is 13.5. The number of alkyl halides is 3. The molecule has 0 bridgehead atoms. The summed E-state index contributed by atoms with van der Waals surface area (Å²) in [6.07, 6.45) is -2.13. The van der Waals surface area contributed by atoms with Crippen molar-refractivity contribution in [2.45, 2.75) is 33.0 Å². The van der Waals surface area contributed by atoms with Gasteiger partial charge in [0, 0.05) is 17.7 Å². The molecule has 160 valence electrons. The van der Waals surface area contributed by atoms with E-state index < -0.39 is 22.9 Å². The van der Waals surface area contributed by atoms with Gasteiger partial charge in [-0.25, -0.2) is 13.9 Å². The second kappa shape index (κ2) is 8.35. The summed E-state index contributed by atoms with van der Waals surface area (Å²) >= 11 is 6.47. The van der Waals surface area contributed by atoms with Crippen molar-refractivity contribution in [3.63, 3.8) is 0 Å². The van der Waals surface area contributed by atoms with Crippen molar-refractivity contribution in [1.29, 1.82) is 0 Å². The van der Waals surface area contributed by atoms with Crippen LogP contribution in [0.3, 0.4) is 0 Å². The predicted molar refractivity (Wildman–Crippen MR) is 108 cm³/mol. The van der Waals surface area contributed by atoms with E-state index in [1.807, 2.05) is 20.8 Å². The fourth-order valence-corrected chi connectivity index (χ4v) is 3.53. The molecule has 30 heavy (non-hydrogen) atoms. The predicted octanol–water partition coefficient (Wildman–Crippen LogP) is 5.44. The van der Waals surface area contributed by atoms with Crippen LogP contribution < -0.4 is 5.32 Å². The molecule has 1 N–H and O–H groups in total. The third kappa shape index (κ3) is 4.65. The molecule has 0 aliphatic heterocycles. The van der Waals surface area contributed by atoms with Gasteiger partial charge in [0.05, 0.1) is 10.7 Å². The molecule has 0 saturated heterocycles. The van der Waals surface area contributed by atoms with Crippen LogP contribution in [-0.4, -0.2) is 26.5 Å². The molecule has 0 aliphatic carbocycles. The van der Waals surface area contributed by atoms with E-state index in [0.717, 1.165) is 16.6 Å². The van der Waals surface area contributed by atoms with E-state index in [2.05, 4.69) is 15.4 Å². The molecule has 11 heteroatoms. The fraction of sp³-hybridized carbons (Fsp3) is 0.316. The van der Waals surface area contributed by atoms with Crippen LogP contribution in [0.1, 0.15) is 31.5 Å². The van der Waals surface area contributed by atoms with Crippen LogP contribution in [0, 0.1) is 11.7 Å². The molecule has 3 aromatic rings. The minimum atomic E-state index is -4.63. The first-order chi connectivity index (χ1) is 14.0. The number of imidazole rings is 1. The van der Waals surface area contributed by atoms with E-state index in [4.69, 9.17) is 11.6 Å². The lowest BCUT2D eigenvalue weighted by Gasteiger charge is -2.15. The maximum absolute atomic E-state index is 13.4. The van der Waals surface area contributed by atoms with E-state index in [1.54, 1.807) is 0 Å². The van der Waals surface area contributed by atoms with Crippen LogP contribution >= 0.6 is 22.9 Å². The van der Waals surface area contributed by atoms with Gasteiger partial charge < -0.3 is 5.32 Å². The zero-order valence-electron chi connectivity index (χ0n) is 16.1. The lowest BCUT2D eigenvalue weighted by atomic mass is 10.1. The second-order valence-electron chi connectivity index (χ2n) is 6.94. The average molecular weight is 461 g/mol. The van der Waals surface area contributed by atoms with Gasteiger partial charge in [0.1, 0.15) is 11.5 Å². The molecule has 0 fully saturated rings. The third-order valence-corrected chi connectivity index (χ3v) is 5.70. The molecule has 3 rings (SSSR count). The number of hydrogen-bond acceptors (Lipinski definition) is 4. The van der Waals surface area contributed by atoms with Gasteiger partial charge in [0.25, 0.3) is 0 Å². The summed E-state index contributed by atoms with van der Waals surface area (Å²) in [5.74, 6) is -0.791. The number of fused-ring (bicyclic) bond motifs is 1. The summed E-state index contributed by atoms with van der Waals surface area (Å²) in [4.78, 5) is 16.4. The lowest BCUT2D eigenvalue weighted by molar-refractivity contribution is -0.138. The number of carbonyl (C=O) groups is 1. The van der Waals surface area contributed by atoms with E-state index in [-0.39, 0.29) is 33.3 Å². The number of benzene rings is 1. The highest BCUT2D eigenvalue weighted by atomic mass is 35.5. The highest BCUT2D eigenvalue weighted by molar-refractivity contribution is 7.16. The van der Waals surface area contributed by atoms with Crippen molar-refractivity contribution in [2.24, 2.45) is 5.92 Å².